The van der Waals surface area contributed by atoms with Crippen LogP contribution in [-0.4, -0.2) is 97.5 Å². The number of allylic oxidation sites excluding steroid dienone is 2. The molecular weight excluding hydrogens is 692 g/mol. The van der Waals surface area contributed by atoms with Gasteiger partial charge < -0.3 is 34.3 Å². The second-order valence-corrected chi connectivity index (χ2v) is 15.3. The maximum Gasteiger partial charge on any atom is 0.397 e. The average Bonchev–Trinajstić information content (AvgIpc) is 3.11. The van der Waals surface area contributed by atoms with Gasteiger partial charge >= 0.3 is 16.4 Å². The Hall–Kier alpha value is -1.16. The van der Waals surface area contributed by atoms with Crippen LogP contribution in [-0.2, 0) is 38.3 Å². The lowest BCUT2D eigenvalue weighted by Crippen LogP contribution is -2.60. The van der Waals surface area contributed by atoms with Crippen LogP contribution in [0.15, 0.2) is 12.2 Å². The van der Waals surface area contributed by atoms with Crippen LogP contribution in [0, 0.1) is 0 Å². The van der Waals surface area contributed by atoms with Crippen LogP contribution in [0.1, 0.15) is 168 Å². The van der Waals surface area contributed by atoms with E-state index < -0.39 is 59.8 Å². The van der Waals surface area contributed by atoms with Gasteiger partial charge in [-0.3, -0.25) is 9.35 Å². The Bertz CT molecular complexity index is 978. The first-order valence-electron chi connectivity index (χ1n) is 20.4. The maximum absolute atomic E-state index is 12.8. The molecule has 1 heterocycles. The minimum absolute atomic E-state index is 0.0374. The molecule has 308 valence electrons. The predicted molar refractivity (Wildman–Crippen MR) is 202 cm³/mol. The molecular formula is C39H74O12S. The Labute approximate surface area is 315 Å². The van der Waals surface area contributed by atoms with Crippen molar-refractivity contribution in [2.75, 3.05) is 26.4 Å². The van der Waals surface area contributed by atoms with E-state index in [-0.39, 0.29) is 19.6 Å². The number of aliphatic hydroxyl groups is 3. The van der Waals surface area contributed by atoms with Gasteiger partial charge in [-0.2, -0.15) is 8.42 Å². The fourth-order valence-corrected chi connectivity index (χ4v) is 6.76. The quantitative estimate of drug-likeness (QED) is 0.0216. The van der Waals surface area contributed by atoms with Crippen molar-refractivity contribution in [2.45, 2.75) is 205 Å². The van der Waals surface area contributed by atoms with Crippen molar-refractivity contribution in [3.63, 3.8) is 0 Å². The number of esters is 1. The molecule has 1 rings (SSSR count). The zero-order chi connectivity index (χ0) is 38.3. The maximum atomic E-state index is 12.8. The Kier molecular flexibility index (Phi) is 30.2. The molecule has 1 aliphatic rings. The largest absolute Gasteiger partial charge is 0.457 e. The molecule has 0 aromatic rings. The summed E-state index contributed by atoms with van der Waals surface area (Å²) in [6, 6.07) is 0. The molecule has 6 atom stereocenters. The predicted octanol–water partition coefficient (Wildman–Crippen LogP) is 7.52. The van der Waals surface area contributed by atoms with Crippen molar-refractivity contribution < 1.29 is 56.2 Å². The number of carbonyl (C=O) groups excluding carboxylic acids is 1. The van der Waals surface area contributed by atoms with Crippen LogP contribution >= 0.6 is 0 Å². The topological polar surface area (TPSA) is 178 Å². The van der Waals surface area contributed by atoms with Gasteiger partial charge in [-0.25, -0.2) is 4.18 Å². The summed E-state index contributed by atoms with van der Waals surface area (Å²) in [6.45, 7) is 3.94. The van der Waals surface area contributed by atoms with E-state index in [1.165, 1.54) is 96.3 Å². The van der Waals surface area contributed by atoms with Gasteiger partial charge in [0.15, 0.2) is 6.29 Å². The van der Waals surface area contributed by atoms with Crippen LogP contribution in [0.5, 0.6) is 0 Å². The summed E-state index contributed by atoms with van der Waals surface area (Å²) in [5, 5.41) is 30.5. The smallest absolute Gasteiger partial charge is 0.397 e. The van der Waals surface area contributed by atoms with E-state index in [1.54, 1.807) is 0 Å². The first-order chi connectivity index (χ1) is 25.1. The van der Waals surface area contributed by atoms with E-state index in [4.69, 9.17) is 23.5 Å². The van der Waals surface area contributed by atoms with E-state index >= 15 is 0 Å². The Morgan fingerprint density at radius 3 is 1.73 bits per heavy atom. The summed E-state index contributed by atoms with van der Waals surface area (Å²) >= 11 is 0. The van der Waals surface area contributed by atoms with Crippen molar-refractivity contribution in [3.05, 3.63) is 12.2 Å². The molecule has 0 amide bonds. The molecule has 0 aromatic carbocycles. The van der Waals surface area contributed by atoms with Crippen molar-refractivity contribution in [3.8, 4) is 0 Å². The van der Waals surface area contributed by atoms with E-state index in [2.05, 4.69) is 30.2 Å². The summed E-state index contributed by atoms with van der Waals surface area (Å²) in [6.07, 6.45) is 22.7. The van der Waals surface area contributed by atoms with Crippen molar-refractivity contribution in [1.29, 1.82) is 0 Å². The minimum Gasteiger partial charge on any atom is -0.457 e. The number of carbonyl (C=O) groups is 1. The molecule has 1 saturated heterocycles. The van der Waals surface area contributed by atoms with Crippen LogP contribution in [0.2, 0.25) is 0 Å². The third-order valence-corrected chi connectivity index (χ3v) is 9.85. The van der Waals surface area contributed by atoms with Crippen LogP contribution < -0.4 is 0 Å². The van der Waals surface area contributed by atoms with Crippen LogP contribution in [0.25, 0.3) is 0 Å². The van der Waals surface area contributed by atoms with Crippen LogP contribution in [0.3, 0.4) is 0 Å². The average molecular weight is 767 g/mol. The molecule has 13 heteroatoms. The van der Waals surface area contributed by atoms with Crippen molar-refractivity contribution in [1.82, 2.24) is 0 Å². The molecule has 0 aliphatic carbocycles. The first kappa shape index (κ1) is 48.9. The Balaban J connectivity index is 2.40. The lowest BCUT2D eigenvalue weighted by molar-refractivity contribution is -0.301. The molecule has 12 nitrogen and oxygen atoms in total. The SMILES string of the molecule is CCCCCCCCC/C=C\CCCCCCCCCC(=O)OC(COCCCCCCCCC)COC1OC(CO)C(O)C(OS(=O)(=O)O)C1O. The Morgan fingerprint density at radius 1 is 0.712 bits per heavy atom. The molecule has 6 unspecified atom stereocenters. The van der Waals surface area contributed by atoms with Gasteiger partial charge in [0.05, 0.1) is 19.8 Å². The molecule has 4 N–H and O–H groups in total. The summed E-state index contributed by atoms with van der Waals surface area (Å²) in [5.74, 6) is -0.405. The summed E-state index contributed by atoms with van der Waals surface area (Å²) < 4.78 is 58.7. The number of hydrogen-bond acceptors (Lipinski definition) is 11. The summed E-state index contributed by atoms with van der Waals surface area (Å²) in [4.78, 5) is 12.8. The van der Waals surface area contributed by atoms with E-state index in [9.17, 15) is 28.5 Å². The van der Waals surface area contributed by atoms with Crippen LogP contribution in [0.4, 0.5) is 0 Å². The highest BCUT2D eigenvalue weighted by atomic mass is 32.3. The molecule has 1 aliphatic heterocycles. The molecule has 1 fully saturated rings. The lowest BCUT2D eigenvalue weighted by atomic mass is 9.99. The number of hydrogen-bond donors (Lipinski definition) is 4. The highest BCUT2D eigenvalue weighted by molar-refractivity contribution is 7.80. The van der Waals surface area contributed by atoms with E-state index in [0.29, 0.717) is 13.0 Å². The highest BCUT2D eigenvalue weighted by Gasteiger charge is 2.48. The monoisotopic (exact) mass is 766 g/mol. The second kappa shape index (κ2) is 32.1. The zero-order valence-corrected chi connectivity index (χ0v) is 33.2. The van der Waals surface area contributed by atoms with Gasteiger partial charge in [0, 0.05) is 13.0 Å². The number of unbranched alkanes of at least 4 members (excludes halogenated alkanes) is 20. The summed E-state index contributed by atoms with van der Waals surface area (Å²) in [7, 11) is -5.05. The van der Waals surface area contributed by atoms with Gasteiger partial charge in [0.2, 0.25) is 0 Å². The molecule has 0 radical (unpaired) electrons. The van der Waals surface area contributed by atoms with Crippen molar-refractivity contribution in [2.24, 2.45) is 0 Å². The number of ether oxygens (including phenoxy) is 4. The van der Waals surface area contributed by atoms with Crippen molar-refractivity contribution >= 4 is 16.4 Å². The third kappa shape index (κ3) is 25.8. The third-order valence-electron chi connectivity index (χ3n) is 9.39. The van der Waals surface area contributed by atoms with E-state index in [1.807, 2.05) is 0 Å². The first-order valence-corrected chi connectivity index (χ1v) is 21.8. The fourth-order valence-electron chi connectivity index (χ4n) is 6.25. The van der Waals surface area contributed by atoms with Gasteiger partial charge in [-0.1, -0.05) is 135 Å². The molecule has 0 saturated carbocycles. The molecule has 0 aromatic heterocycles. The summed E-state index contributed by atoms with van der Waals surface area (Å²) in [5.41, 5.74) is 0. The van der Waals surface area contributed by atoms with E-state index in [0.717, 1.165) is 44.9 Å². The molecule has 52 heavy (non-hydrogen) atoms. The normalized spacial score (nSPS) is 21.5. The highest BCUT2D eigenvalue weighted by Crippen LogP contribution is 2.26. The van der Waals surface area contributed by atoms with Gasteiger partial charge in [-0.15, -0.1) is 0 Å². The zero-order valence-electron chi connectivity index (χ0n) is 32.4. The van der Waals surface area contributed by atoms with Gasteiger partial charge in [0.1, 0.15) is 30.5 Å². The minimum atomic E-state index is -5.05. The Morgan fingerprint density at radius 2 is 1.21 bits per heavy atom. The molecule has 0 spiro atoms. The van der Waals surface area contributed by atoms with Gasteiger partial charge in [-0.05, 0) is 38.5 Å². The number of rotatable bonds is 35. The standard InChI is InChI=1S/C39H74O12S/c1-3-5-7-9-11-12-13-14-15-16-17-18-19-20-21-22-24-26-28-35(41)49-33(31-47-29-27-25-23-10-8-6-4-2)32-48-39-37(43)38(51-52(44,45)46)36(42)34(30-40)50-39/h15-16,33-34,36-40,42-43H,3-14,17-32H2,1-2H3,(H,44,45,46)/b16-15-. The fraction of sp³-hybridized carbons (Fsp3) is 0.923. The lowest BCUT2D eigenvalue weighted by Gasteiger charge is -2.41. The number of aliphatic hydroxyl groups excluding tert-OH is 3. The second-order valence-electron chi connectivity index (χ2n) is 14.2. The van der Waals surface area contributed by atoms with Gasteiger partial charge in [0.25, 0.3) is 0 Å². The molecule has 0 bridgehead atoms.